The van der Waals surface area contributed by atoms with Crippen molar-refractivity contribution in [3.05, 3.63) is 71.6 Å². The summed E-state index contributed by atoms with van der Waals surface area (Å²) in [4.78, 5) is 21.9. The third-order valence-corrected chi connectivity index (χ3v) is 6.13. The zero-order chi connectivity index (χ0) is 19.5. The van der Waals surface area contributed by atoms with Crippen LogP contribution in [0.25, 0.3) is 21.3 Å². The van der Waals surface area contributed by atoms with Gasteiger partial charge in [0, 0.05) is 16.6 Å². The molecule has 0 unspecified atom stereocenters. The van der Waals surface area contributed by atoms with E-state index < -0.39 is 0 Å². The third kappa shape index (κ3) is 3.90. The van der Waals surface area contributed by atoms with Crippen LogP contribution < -0.4 is 5.32 Å². The summed E-state index contributed by atoms with van der Waals surface area (Å²) in [7, 11) is 0. The van der Waals surface area contributed by atoms with Gasteiger partial charge in [0.2, 0.25) is 5.91 Å². The van der Waals surface area contributed by atoms with Crippen molar-refractivity contribution in [2.75, 3.05) is 11.1 Å². The number of rotatable bonds is 5. The molecule has 7 heteroatoms. The van der Waals surface area contributed by atoms with Gasteiger partial charge in [-0.1, -0.05) is 42.1 Å². The first-order valence-corrected chi connectivity index (χ1v) is 10.4. The second kappa shape index (κ2) is 8.08. The van der Waals surface area contributed by atoms with Crippen molar-refractivity contribution in [3.8, 4) is 11.1 Å². The lowest BCUT2D eigenvalue weighted by Gasteiger charge is -2.08. The van der Waals surface area contributed by atoms with E-state index in [0.717, 1.165) is 37.6 Å². The molecule has 0 aliphatic heterocycles. The number of carbonyl (C=O) groups excluding carboxylic acids is 1. The summed E-state index contributed by atoms with van der Waals surface area (Å²) in [6, 6.07) is 14.0. The van der Waals surface area contributed by atoms with Crippen LogP contribution in [-0.4, -0.2) is 21.6 Å². The van der Waals surface area contributed by atoms with Crippen molar-refractivity contribution in [1.29, 1.82) is 0 Å². The summed E-state index contributed by atoms with van der Waals surface area (Å²) in [6.07, 6.45) is 1.51. The molecule has 28 heavy (non-hydrogen) atoms. The number of nitrogens with zero attached hydrogens (tertiary/aromatic N) is 2. The van der Waals surface area contributed by atoms with E-state index in [9.17, 15) is 9.18 Å². The van der Waals surface area contributed by atoms with Crippen molar-refractivity contribution < 1.29 is 9.18 Å². The van der Waals surface area contributed by atoms with E-state index in [-0.39, 0.29) is 17.5 Å². The minimum absolute atomic E-state index is 0.0929. The molecule has 140 valence electrons. The molecule has 0 spiro atoms. The van der Waals surface area contributed by atoms with E-state index in [2.05, 4.69) is 15.3 Å². The van der Waals surface area contributed by atoms with Gasteiger partial charge in [-0.15, -0.1) is 11.3 Å². The van der Waals surface area contributed by atoms with Crippen LogP contribution in [0.5, 0.6) is 0 Å². The summed E-state index contributed by atoms with van der Waals surface area (Å²) in [5.74, 6) is -0.134. The van der Waals surface area contributed by atoms with Crippen LogP contribution in [0.15, 0.2) is 65.3 Å². The molecule has 2 heterocycles. The summed E-state index contributed by atoms with van der Waals surface area (Å²) >= 11 is 2.88. The zero-order valence-corrected chi connectivity index (χ0v) is 16.6. The monoisotopic (exact) mass is 409 g/mol. The highest BCUT2D eigenvalue weighted by Gasteiger charge is 2.15. The van der Waals surface area contributed by atoms with Gasteiger partial charge in [-0.3, -0.25) is 4.79 Å². The highest BCUT2D eigenvalue weighted by molar-refractivity contribution is 8.00. The van der Waals surface area contributed by atoms with Gasteiger partial charge in [0.1, 0.15) is 22.0 Å². The van der Waals surface area contributed by atoms with Gasteiger partial charge in [0.15, 0.2) is 0 Å². The molecule has 4 nitrogen and oxygen atoms in total. The average Bonchev–Trinajstić information content (AvgIpc) is 3.13. The smallest absolute Gasteiger partial charge is 0.234 e. The minimum atomic E-state index is -0.276. The van der Waals surface area contributed by atoms with E-state index in [1.54, 1.807) is 12.1 Å². The Balaban J connectivity index is 1.57. The lowest BCUT2D eigenvalue weighted by atomic mass is 10.1. The molecule has 1 amide bonds. The summed E-state index contributed by atoms with van der Waals surface area (Å²) < 4.78 is 13.3. The largest absolute Gasteiger partial charge is 0.325 e. The van der Waals surface area contributed by atoms with Crippen LogP contribution in [0.4, 0.5) is 10.1 Å². The summed E-state index contributed by atoms with van der Waals surface area (Å²) in [5, 5.41) is 6.56. The van der Waals surface area contributed by atoms with Gasteiger partial charge in [0.25, 0.3) is 0 Å². The first-order chi connectivity index (χ1) is 13.6. The zero-order valence-electron chi connectivity index (χ0n) is 15.0. The number of halogens is 1. The first kappa shape index (κ1) is 18.6. The minimum Gasteiger partial charge on any atom is -0.325 e. The van der Waals surface area contributed by atoms with E-state index in [4.69, 9.17) is 0 Å². The van der Waals surface area contributed by atoms with Crippen LogP contribution in [0, 0.1) is 12.7 Å². The van der Waals surface area contributed by atoms with Crippen LogP contribution in [0.3, 0.4) is 0 Å². The average molecular weight is 410 g/mol. The topological polar surface area (TPSA) is 54.9 Å². The van der Waals surface area contributed by atoms with Crippen molar-refractivity contribution in [1.82, 2.24) is 9.97 Å². The molecule has 0 aliphatic rings. The van der Waals surface area contributed by atoms with Gasteiger partial charge in [-0.2, -0.15) is 0 Å². The quantitative estimate of drug-likeness (QED) is 0.347. The molecule has 2 aromatic carbocycles. The number of aryl methyl sites for hydroxylation is 1. The van der Waals surface area contributed by atoms with Gasteiger partial charge in [-0.05, 0) is 36.2 Å². The maximum Gasteiger partial charge on any atom is 0.234 e. The Hall–Kier alpha value is -2.77. The van der Waals surface area contributed by atoms with Gasteiger partial charge in [0.05, 0.1) is 11.1 Å². The van der Waals surface area contributed by atoms with E-state index in [1.807, 2.05) is 36.6 Å². The molecule has 0 saturated heterocycles. The van der Waals surface area contributed by atoms with Crippen LogP contribution in [0.1, 0.15) is 5.56 Å². The number of aromatic nitrogens is 2. The van der Waals surface area contributed by atoms with Crippen molar-refractivity contribution >= 4 is 44.9 Å². The number of fused-ring (bicyclic) bond motifs is 1. The molecule has 0 fully saturated rings. The number of para-hydroxylation sites is 1. The fraction of sp³-hybridized carbons (Fsp3) is 0.0952. The first-order valence-electron chi connectivity index (χ1n) is 8.58. The van der Waals surface area contributed by atoms with Gasteiger partial charge in [-0.25, -0.2) is 14.4 Å². The molecule has 0 aliphatic carbocycles. The SMILES string of the molecule is Cc1ccccc1NC(=O)CSc1ncnc2scc(-c3ccc(F)cc3)c12. The molecule has 0 atom stereocenters. The second-order valence-electron chi connectivity index (χ2n) is 6.17. The van der Waals surface area contributed by atoms with Crippen molar-refractivity contribution in [2.24, 2.45) is 0 Å². The summed E-state index contributed by atoms with van der Waals surface area (Å²) in [6.45, 7) is 1.96. The highest BCUT2D eigenvalue weighted by Crippen LogP contribution is 2.37. The van der Waals surface area contributed by atoms with E-state index in [1.165, 1.54) is 41.6 Å². The molecule has 0 bridgehead atoms. The molecular formula is C21H16FN3OS2. The number of carbonyl (C=O) groups is 1. The molecule has 4 rings (SSSR count). The number of thiophene rings is 1. The number of amides is 1. The number of thioether (sulfide) groups is 1. The number of hydrogen-bond acceptors (Lipinski definition) is 5. The van der Waals surface area contributed by atoms with E-state index in [0.29, 0.717) is 0 Å². The van der Waals surface area contributed by atoms with Crippen LogP contribution in [-0.2, 0) is 4.79 Å². The molecule has 1 N–H and O–H groups in total. The molecule has 0 saturated carbocycles. The maximum atomic E-state index is 13.3. The number of nitrogens with one attached hydrogen (secondary N) is 1. The Morgan fingerprint density at radius 1 is 1.14 bits per heavy atom. The maximum absolute atomic E-state index is 13.3. The Morgan fingerprint density at radius 2 is 1.93 bits per heavy atom. The predicted molar refractivity (Wildman–Crippen MR) is 113 cm³/mol. The van der Waals surface area contributed by atoms with Crippen molar-refractivity contribution in [3.63, 3.8) is 0 Å². The third-order valence-electron chi connectivity index (χ3n) is 4.25. The Morgan fingerprint density at radius 3 is 2.71 bits per heavy atom. The Kier molecular flexibility index (Phi) is 5.36. The molecule has 0 radical (unpaired) electrons. The molecule has 4 aromatic rings. The highest BCUT2D eigenvalue weighted by atomic mass is 32.2. The van der Waals surface area contributed by atoms with Gasteiger partial charge >= 0.3 is 0 Å². The lowest BCUT2D eigenvalue weighted by molar-refractivity contribution is -0.113. The predicted octanol–water partition coefficient (Wildman–Crippen LogP) is 5.54. The van der Waals surface area contributed by atoms with E-state index >= 15 is 0 Å². The van der Waals surface area contributed by atoms with Crippen LogP contribution in [0.2, 0.25) is 0 Å². The molecule has 2 aromatic heterocycles. The normalized spacial score (nSPS) is 10.9. The van der Waals surface area contributed by atoms with Crippen molar-refractivity contribution in [2.45, 2.75) is 11.9 Å². The molecular weight excluding hydrogens is 393 g/mol. The number of anilines is 1. The lowest BCUT2D eigenvalue weighted by Crippen LogP contribution is -2.14. The number of hydrogen-bond donors (Lipinski definition) is 1. The van der Waals surface area contributed by atoms with Crippen LogP contribution >= 0.6 is 23.1 Å². The fourth-order valence-electron chi connectivity index (χ4n) is 2.83. The standard InChI is InChI=1S/C21H16FN3OS2/c1-13-4-2-3-5-17(13)25-18(26)11-28-21-19-16(10-27-20(19)23-12-24-21)14-6-8-15(22)9-7-14/h2-10,12H,11H2,1H3,(H,25,26). The van der Waals surface area contributed by atoms with Gasteiger partial charge < -0.3 is 5.32 Å². The Labute approximate surface area is 169 Å². The number of benzene rings is 2. The Bertz CT molecular complexity index is 1140. The second-order valence-corrected chi connectivity index (χ2v) is 7.99. The summed E-state index contributed by atoms with van der Waals surface area (Å²) in [5.41, 5.74) is 3.67. The fourth-order valence-corrected chi connectivity index (χ4v) is 4.63.